The third kappa shape index (κ3) is 3.12. The molecule has 1 saturated carbocycles. The van der Waals surface area contributed by atoms with Crippen LogP contribution in [0.3, 0.4) is 0 Å². The lowest BCUT2D eigenvalue weighted by Gasteiger charge is -1.89. The fourth-order valence-corrected chi connectivity index (χ4v) is 0.550. The Labute approximate surface area is 56.6 Å². The Morgan fingerprint density at radius 2 is 1.89 bits per heavy atom. The van der Waals surface area contributed by atoms with E-state index in [0.717, 1.165) is 12.8 Å². The van der Waals surface area contributed by atoms with E-state index in [4.69, 9.17) is 0 Å². The van der Waals surface area contributed by atoms with Crippen molar-refractivity contribution in [3.05, 3.63) is 0 Å². The van der Waals surface area contributed by atoms with Crippen molar-refractivity contribution in [2.45, 2.75) is 26.7 Å². The van der Waals surface area contributed by atoms with Gasteiger partial charge in [-0.15, -0.1) is 0 Å². The zero-order valence-electron chi connectivity index (χ0n) is 6.40. The average Bonchev–Trinajstić information content (AvgIpc) is 2.72. The first-order valence-electron chi connectivity index (χ1n) is 3.56. The predicted octanol–water partition coefficient (Wildman–Crippen LogP) is 1.17. The molecule has 1 amide bonds. The van der Waals surface area contributed by atoms with E-state index in [9.17, 15) is 4.79 Å². The lowest BCUT2D eigenvalue weighted by atomic mass is 10.4. The van der Waals surface area contributed by atoms with E-state index in [0.29, 0.717) is 5.92 Å². The summed E-state index contributed by atoms with van der Waals surface area (Å²) in [5.74, 6) is 0.574. The molecule has 1 aliphatic carbocycles. The molecule has 0 saturated heterocycles. The molecule has 54 valence electrons. The van der Waals surface area contributed by atoms with Gasteiger partial charge in [-0.25, -0.2) is 0 Å². The van der Waals surface area contributed by atoms with Crippen LogP contribution in [0.1, 0.15) is 26.7 Å². The summed E-state index contributed by atoms with van der Waals surface area (Å²) in [5, 5.41) is 2.59. The fourth-order valence-electron chi connectivity index (χ4n) is 0.550. The quantitative estimate of drug-likeness (QED) is 0.565. The van der Waals surface area contributed by atoms with Gasteiger partial charge >= 0.3 is 0 Å². The predicted molar refractivity (Wildman–Crippen MR) is 38.1 cm³/mol. The SMILES string of the molecule is CC.CNC(=O)C1CC1. The van der Waals surface area contributed by atoms with Crippen molar-refractivity contribution in [2.24, 2.45) is 5.92 Å². The number of amides is 1. The Bertz CT molecular complexity index is 86.9. The van der Waals surface area contributed by atoms with Crippen LogP contribution in [0.15, 0.2) is 0 Å². The van der Waals surface area contributed by atoms with Crippen LogP contribution < -0.4 is 5.32 Å². The highest BCUT2D eigenvalue weighted by atomic mass is 16.1. The monoisotopic (exact) mass is 129 g/mol. The lowest BCUT2D eigenvalue weighted by molar-refractivity contribution is -0.121. The molecule has 0 aromatic carbocycles. The lowest BCUT2D eigenvalue weighted by Crippen LogP contribution is -2.18. The summed E-state index contributed by atoms with van der Waals surface area (Å²) in [4.78, 5) is 10.5. The fraction of sp³-hybridized carbons (Fsp3) is 0.857. The van der Waals surface area contributed by atoms with E-state index in [1.807, 2.05) is 13.8 Å². The van der Waals surface area contributed by atoms with E-state index in [1.165, 1.54) is 0 Å². The zero-order valence-corrected chi connectivity index (χ0v) is 6.40. The number of carbonyl (C=O) groups is 1. The second kappa shape index (κ2) is 4.36. The molecule has 2 nitrogen and oxygen atoms in total. The van der Waals surface area contributed by atoms with Gasteiger partial charge in [0.2, 0.25) is 5.91 Å². The highest BCUT2D eigenvalue weighted by molar-refractivity contribution is 5.80. The van der Waals surface area contributed by atoms with Gasteiger partial charge in [0.15, 0.2) is 0 Å². The van der Waals surface area contributed by atoms with E-state index < -0.39 is 0 Å². The first kappa shape index (κ1) is 8.47. The molecule has 0 unspecified atom stereocenters. The number of hydrogen-bond acceptors (Lipinski definition) is 1. The number of rotatable bonds is 1. The Hall–Kier alpha value is -0.530. The van der Waals surface area contributed by atoms with E-state index in [-0.39, 0.29) is 5.91 Å². The second-order valence-electron chi connectivity index (χ2n) is 1.89. The van der Waals surface area contributed by atoms with Gasteiger partial charge in [-0.2, -0.15) is 0 Å². The molecule has 0 atom stereocenters. The van der Waals surface area contributed by atoms with Gasteiger partial charge in [0, 0.05) is 13.0 Å². The van der Waals surface area contributed by atoms with Crippen LogP contribution in [0.5, 0.6) is 0 Å². The van der Waals surface area contributed by atoms with Gasteiger partial charge in [-0.1, -0.05) is 13.8 Å². The first-order valence-corrected chi connectivity index (χ1v) is 3.56. The third-order valence-electron chi connectivity index (χ3n) is 1.19. The molecule has 0 radical (unpaired) electrons. The van der Waals surface area contributed by atoms with E-state index >= 15 is 0 Å². The van der Waals surface area contributed by atoms with Crippen LogP contribution in [0.25, 0.3) is 0 Å². The number of nitrogens with one attached hydrogen (secondary N) is 1. The summed E-state index contributed by atoms with van der Waals surface area (Å²) in [7, 11) is 1.68. The van der Waals surface area contributed by atoms with Gasteiger partial charge in [0.1, 0.15) is 0 Å². The molecule has 0 heterocycles. The van der Waals surface area contributed by atoms with E-state index in [2.05, 4.69) is 5.32 Å². The van der Waals surface area contributed by atoms with Crippen molar-refractivity contribution < 1.29 is 4.79 Å². The molecule has 1 aliphatic rings. The standard InChI is InChI=1S/C5H9NO.C2H6/c1-6-5(7)4-2-3-4;1-2/h4H,2-3H2,1H3,(H,6,7);1-2H3. The number of carbonyl (C=O) groups excluding carboxylic acids is 1. The van der Waals surface area contributed by atoms with Crippen LogP contribution in [0.2, 0.25) is 0 Å². The van der Waals surface area contributed by atoms with Crippen molar-refractivity contribution in [2.75, 3.05) is 7.05 Å². The Balaban J connectivity index is 0.000000291. The normalized spacial score (nSPS) is 15.4. The van der Waals surface area contributed by atoms with Gasteiger partial charge in [-0.3, -0.25) is 4.79 Å². The van der Waals surface area contributed by atoms with Gasteiger partial charge in [0.05, 0.1) is 0 Å². The van der Waals surface area contributed by atoms with Crippen molar-refractivity contribution in [1.82, 2.24) is 5.32 Å². The minimum atomic E-state index is 0.208. The zero-order chi connectivity index (χ0) is 7.28. The molecular weight excluding hydrogens is 114 g/mol. The second-order valence-corrected chi connectivity index (χ2v) is 1.89. The highest BCUT2D eigenvalue weighted by Crippen LogP contribution is 2.28. The first-order chi connectivity index (χ1) is 4.34. The third-order valence-corrected chi connectivity index (χ3v) is 1.19. The smallest absolute Gasteiger partial charge is 0.222 e. The number of hydrogen-bond donors (Lipinski definition) is 1. The average molecular weight is 129 g/mol. The minimum absolute atomic E-state index is 0.208. The Kier molecular flexibility index (Phi) is 4.10. The van der Waals surface area contributed by atoms with Gasteiger partial charge in [-0.05, 0) is 12.8 Å². The molecule has 0 aromatic rings. The van der Waals surface area contributed by atoms with E-state index in [1.54, 1.807) is 7.05 Å². The largest absolute Gasteiger partial charge is 0.359 e. The molecule has 1 N–H and O–H groups in total. The maximum absolute atomic E-state index is 10.5. The molecular formula is C7H15NO. The molecule has 1 rings (SSSR count). The summed E-state index contributed by atoms with van der Waals surface area (Å²) < 4.78 is 0. The molecule has 1 fully saturated rings. The Morgan fingerprint density at radius 1 is 1.44 bits per heavy atom. The summed E-state index contributed by atoms with van der Waals surface area (Å²) in [5.41, 5.74) is 0. The maximum atomic E-state index is 10.5. The van der Waals surface area contributed by atoms with Crippen molar-refractivity contribution in [3.8, 4) is 0 Å². The Morgan fingerprint density at radius 3 is 2.00 bits per heavy atom. The molecule has 2 heteroatoms. The minimum Gasteiger partial charge on any atom is -0.359 e. The molecule has 0 aliphatic heterocycles. The summed E-state index contributed by atoms with van der Waals surface area (Å²) >= 11 is 0. The maximum Gasteiger partial charge on any atom is 0.222 e. The van der Waals surface area contributed by atoms with Crippen molar-refractivity contribution >= 4 is 5.91 Å². The summed E-state index contributed by atoms with van der Waals surface area (Å²) in [6.07, 6.45) is 2.19. The van der Waals surface area contributed by atoms with Crippen molar-refractivity contribution in [3.63, 3.8) is 0 Å². The van der Waals surface area contributed by atoms with Crippen LogP contribution in [-0.2, 0) is 4.79 Å². The van der Waals surface area contributed by atoms with Crippen LogP contribution in [0, 0.1) is 5.92 Å². The molecule has 0 spiro atoms. The molecule has 9 heavy (non-hydrogen) atoms. The van der Waals surface area contributed by atoms with Crippen molar-refractivity contribution in [1.29, 1.82) is 0 Å². The highest BCUT2D eigenvalue weighted by Gasteiger charge is 2.28. The summed E-state index contributed by atoms with van der Waals surface area (Å²) in [6, 6.07) is 0. The van der Waals surface area contributed by atoms with Gasteiger partial charge in [0.25, 0.3) is 0 Å². The van der Waals surface area contributed by atoms with Crippen LogP contribution >= 0.6 is 0 Å². The van der Waals surface area contributed by atoms with Crippen LogP contribution in [-0.4, -0.2) is 13.0 Å². The molecule has 0 aromatic heterocycles. The van der Waals surface area contributed by atoms with Gasteiger partial charge < -0.3 is 5.32 Å². The topological polar surface area (TPSA) is 29.1 Å². The summed E-state index contributed by atoms with van der Waals surface area (Å²) in [6.45, 7) is 4.00. The van der Waals surface area contributed by atoms with Crippen LogP contribution in [0.4, 0.5) is 0 Å². The molecule has 0 bridgehead atoms.